The Kier molecular flexibility index (Phi) is 4.77. The molecule has 0 unspecified atom stereocenters. The van der Waals surface area contributed by atoms with Crippen LogP contribution in [-0.2, 0) is 13.6 Å². The highest BCUT2D eigenvalue weighted by molar-refractivity contribution is 9.11. The van der Waals surface area contributed by atoms with Crippen molar-refractivity contribution in [2.45, 2.75) is 6.54 Å². The van der Waals surface area contributed by atoms with Crippen LogP contribution in [0.2, 0.25) is 0 Å². The van der Waals surface area contributed by atoms with Crippen LogP contribution in [0, 0.1) is 11.6 Å². The molecule has 0 radical (unpaired) electrons. The first-order valence-electron chi connectivity index (χ1n) is 6.95. The maximum atomic E-state index is 14.0. The molecular formula is C16H12BrF2N3OS. The Labute approximate surface area is 149 Å². The standard InChI is InChI=1S/C16H12BrF2N3OS/c1-22-8-12(16(23)20-7-10-3-5-14(17)24-10)15(21-22)11-4-2-9(18)6-13(11)19/h2-6,8H,7H2,1H3,(H,20,23). The van der Waals surface area contributed by atoms with Crippen molar-refractivity contribution in [3.63, 3.8) is 0 Å². The van der Waals surface area contributed by atoms with Crippen LogP contribution >= 0.6 is 27.3 Å². The molecule has 2 aromatic heterocycles. The average molecular weight is 412 g/mol. The zero-order valence-corrected chi connectivity index (χ0v) is 14.9. The normalized spacial score (nSPS) is 10.8. The number of rotatable bonds is 4. The molecule has 4 nitrogen and oxygen atoms in total. The van der Waals surface area contributed by atoms with Gasteiger partial charge in [-0.05, 0) is 40.2 Å². The van der Waals surface area contributed by atoms with Gasteiger partial charge in [-0.2, -0.15) is 5.10 Å². The summed E-state index contributed by atoms with van der Waals surface area (Å²) in [7, 11) is 1.64. The molecule has 0 atom stereocenters. The second-order valence-corrected chi connectivity index (χ2v) is 7.63. The van der Waals surface area contributed by atoms with Crippen LogP contribution in [-0.4, -0.2) is 15.7 Å². The number of hydrogen-bond donors (Lipinski definition) is 1. The molecule has 1 aromatic carbocycles. The number of carbonyl (C=O) groups excluding carboxylic acids is 1. The summed E-state index contributed by atoms with van der Waals surface area (Å²) < 4.78 is 29.5. The predicted octanol–water partition coefficient (Wildman–Crippen LogP) is 4.12. The number of nitrogens with one attached hydrogen (secondary N) is 1. The van der Waals surface area contributed by atoms with Gasteiger partial charge in [-0.15, -0.1) is 11.3 Å². The van der Waals surface area contributed by atoms with Gasteiger partial charge >= 0.3 is 0 Å². The van der Waals surface area contributed by atoms with E-state index in [0.717, 1.165) is 20.8 Å². The Morgan fingerprint density at radius 2 is 2.12 bits per heavy atom. The largest absolute Gasteiger partial charge is 0.347 e. The van der Waals surface area contributed by atoms with E-state index in [0.29, 0.717) is 6.54 Å². The van der Waals surface area contributed by atoms with E-state index in [4.69, 9.17) is 0 Å². The van der Waals surface area contributed by atoms with Gasteiger partial charge in [-0.1, -0.05) is 0 Å². The summed E-state index contributed by atoms with van der Waals surface area (Å²) in [4.78, 5) is 13.4. The van der Waals surface area contributed by atoms with Crippen molar-refractivity contribution in [1.29, 1.82) is 0 Å². The fraction of sp³-hybridized carbons (Fsp3) is 0.125. The van der Waals surface area contributed by atoms with Crippen LogP contribution < -0.4 is 5.32 Å². The second-order valence-electron chi connectivity index (χ2n) is 5.08. The highest BCUT2D eigenvalue weighted by atomic mass is 79.9. The third-order valence-electron chi connectivity index (χ3n) is 3.31. The lowest BCUT2D eigenvalue weighted by atomic mass is 10.1. The molecule has 3 aromatic rings. The Morgan fingerprint density at radius 3 is 2.79 bits per heavy atom. The van der Waals surface area contributed by atoms with E-state index in [1.807, 2.05) is 12.1 Å². The average Bonchev–Trinajstić information content (AvgIpc) is 3.11. The molecule has 0 aliphatic rings. The van der Waals surface area contributed by atoms with Crippen LogP contribution in [0.4, 0.5) is 8.78 Å². The highest BCUT2D eigenvalue weighted by Crippen LogP contribution is 2.26. The lowest BCUT2D eigenvalue weighted by molar-refractivity contribution is 0.0952. The van der Waals surface area contributed by atoms with Gasteiger partial charge in [-0.25, -0.2) is 8.78 Å². The molecule has 1 N–H and O–H groups in total. The topological polar surface area (TPSA) is 46.9 Å². The van der Waals surface area contributed by atoms with Crippen molar-refractivity contribution in [2.24, 2.45) is 7.05 Å². The molecule has 3 rings (SSSR count). The summed E-state index contributed by atoms with van der Waals surface area (Å²) in [5.41, 5.74) is 0.500. The van der Waals surface area contributed by atoms with Gasteiger partial charge < -0.3 is 5.32 Å². The molecule has 124 valence electrons. The fourth-order valence-electron chi connectivity index (χ4n) is 2.24. The maximum absolute atomic E-state index is 14.0. The van der Waals surface area contributed by atoms with Crippen molar-refractivity contribution in [1.82, 2.24) is 15.1 Å². The molecule has 0 saturated carbocycles. The van der Waals surface area contributed by atoms with Gasteiger partial charge in [0.15, 0.2) is 0 Å². The molecular weight excluding hydrogens is 400 g/mol. The van der Waals surface area contributed by atoms with Crippen LogP contribution in [0.25, 0.3) is 11.3 Å². The van der Waals surface area contributed by atoms with E-state index in [1.165, 1.54) is 28.3 Å². The monoisotopic (exact) mass is 411 g/mol. The van der Waals surface area contributed by atoms with E-state index in [-0.39, 0.29) is 22.7 Å². The predicted molar refractivity (Wildman–Crippen MR) is 91.7 cm³/mol. The molecule has 0 fully saturated rings. The van der Waals surface area contributed by atoms with Crippen LogP contribution in [0.1, 0.15) is 15.2 Å². The van der Waals surface area contributed by atoms with Gasteiger partial charge in [0, 0.05) is 29.8 Å². The van der Waals surface area contributed by atoms with E-state index < -0.39 is 11.6 Å². The molecule has 2 heterocycles. The molecule has 0 aliphatic carbocycles. The molecule has 1 amide bonds. The fourth-order valence-corrected chi connectivity index (χ4v) is 3.67. The number of hydrogen-bond acceptors (Lipinski definition) is 3. The second kappa shape index (κ2) is 6.82. The van der Waals surface area contributed by atoms with Gasteiger partial charge in [0.2, 0.25) is 0 Å². The van der Waals surface area contributed by atoms with E-state index in [9.17, 15) is 13.6 Å². The maximum Gasteiger partial charge on any atom is 0.255 e. The summed E-state index contributed by atoms with van der Waals surface area (Å²) in [6.07, 6.45) is 1.51. The molecule has 8 heteroatoms. The number of nitrogens with zero attached hydrogens (tertiary/aromatic N) is 2. The van der Waals surface area contributed by atoms with Crippen molar-refractivity contribution < 1.29 is 13.6 Å². The quantitative estimate of drug-likeness (QED) is 0.701. The minimum Gasteiger partial charge on any atom is -0.347 e. The van der Waals surface area contributed by atoms with Crippen molar-refractivity contribution in [3.8, 4) is 11.3 Å². The number of thiophene rings is 1. The number of carbonyl (C=O) groups is 1. The Hall–Kier alpha value is -2.06. The number of benzene rings is 1. The summed E-state index contributed by atoms with van der Waals surface area (Å²) >= 11 is 4.88. The third kappa shape index (κ3) is 3.54. The first kappa shape index (κ1) is 16.8. The lowest BCUT2D eigenvalue weighted by Gasteiger charge is -2.05. The molecule has 24 heavy (non-hydrogen) atoms. The zero-order valence-electron chi connectivity index (χ0n) is 12.5. The molecule has 0 saturated heterocycles. The minimum absolute atomic E-state index is 0.0843. The first-order valence-corrected chi connectivity index (χ1v) is 8.56. The van der Waals surface area contributed by atoms with E-state index in [2.05, 4.69) is 26.3 Å². The Morgan fingerprint density at radius 1 is 1.33 bits per heavy atom. The van der Waals surface area contributed by atoms with E-state index in [1.54, 1.807) is 7.05 Å². The van der Waals surface area contributed by atoms with Crippen molar-refractivity contribution in [3.05, 3.63) is 62.4 Å². The van der Waals surface area contributed by atoms with Crippen LogP contribution in [0.3, 0.4) is 0 Å². The summed E-state index contributed by atoms with van der Waals surface area (Å²) in [5, 5.41) is 6.92. The van der Waals surface area contributed by atoms with Gasteiger partial charge in [-0.3, -0.25) is 9.48 Å². The highest BCUT2D eigenvalue weighted by Gasteiger charge is 2.20. The number of halogens is 3. The number of aryl methyl sites for hydroxylation is 1. The molecule has 0 bridgehead atoms. The van der Waals surface area contributed by atoms with Crippen molar-refractivity contribution in [2.75, 3.05) is 0 Å². The SMILES string of the molecule is Cn1cc(C(=O)NCc2ccc(Br)s2)c(-c2ccc(F)cc2F)n1. The van der Waals surface area contributed by atoms with E-state index >= 15 is 0 Å². The summed E-state index contributed by atoms with van der Waals surface area (Å²) in [6.45, 7) is 0.356. The molecule has 0 aliphatic heterocycles. The van der Waals surface area contributed by atoms with Gasteiger partial charge in [0.05, 0.1) is 15.9 Å². The number of aromatic nitrogens is 2. The zero-order chi connectivity index (χ0) is 17.3. The summed E-state index contributed by atoms with van der Waals surface area (Å²) in [6, 6.07) is 6.99. The van der Waals surface area contributed by atoms with Crippen LogP contribution in [0.5, 0.6) is 0 Å². The minimum atomic E-state index is -0.759. The summed E-state index contributed by atoms with van der Waals surface area (Å²) in [5.74, 6) is -1.81. The van der Waals surface area contributed by atoms with Crippen molar-refractivity contribution >= 4 is 33.2 Å². The Balaban J connectivity index is 1.86. The lowest BCUT2D eigenvalue weighted by Crippen LogP contribution is -2.22. The Bertz CT molecular complexity index is 907. The third-order valence-corrected chi connectivity index (χ3v) is 4.94. The van der Waals surface area contributed by atoms with Gasteiger partial charge in [0.25, 0.3) is 5.91 Å². The van der Waals surface area contributed by atoms with Crippen LogP contribution in [0.15, 0.2) is 40.3 Å². The number of amides is 1. The molecule has 0 spiro atoms. The first-order chi connectivity index (χ1) is 11.4. The van der Waals surface area contributed by atoms with Gasteiger partial charge in [0.1, 0.15) is 17.3 Å². The smallest absolute Gasteiger partial charge is 0.255 e.